The van der Waals surface area contributed by atoms with E-state index in [1.54, 1.807) is 0 Å². The van der Waals surface area contributed by atoms with Crippen LogP contribution in [0.3, 0.4) is 0 Å². The van der Waals surface area contributed by atoms with Gasteiger partial charge in [0.25, 0.3) is 0 Å². The predicted octanol–water partition coefficient (Wildman–Crippen LogP) is 3.42. The standard InChI is InChI=1S/C22H18BNO2/c25-23(26)19-13-14-22(16-8-2-1-7-15(16)19)24-20-11-5-3-9-17(20)18-10-4-6-12-21(18)24/h1-3,5-9,11-14,25-26H,4,10H2. The zero-order chi connectivity index (χ0) is 17.7. The van der Waals surface area contributed by atoms with E-state index in [4.69, 9.17) is 0 Å². The monoisotopic (exact) mass is 339 g/mol. The van der Waals surface area contributed by atoms with E-state index in [1.165, 1.54) is 22.2 Å². The van der Waals surface area contributed by atoms with Gasteiger partial charge < -0.3 is 14.6 Å². The number of benzene rings is 3. The molecule has 5 rings (SSSR count). The SMILES string of the molecule is OB(O)c1ccc(-n2c3c(c4ccccc42)CCC=C3)c2ccccc12. The van der Waals surface area contributed by atoms with Crippen molar-refractivity contribution in [2.24, 2.45) is 0 Å². The van der Waals surface area contributed by atoms with Gasteiger partial charge in [-0.2, -0.15) is 0 Å². The molecule has 1 heterocycles. The van der Waals surface area contributed by atoms with Gasteiger partial charge in [-0.05, 0) is 47.5 Å². The Labute approximate surface area is 152 Å². The third-order valence-corrected chi connectivity index (χ3v) is 5.31. The predicted molar refractivity (Wildman–Crippen MR) is 108 cm³/mol. The van der Waals surface area contributed by atoms with Gasteiger partial charge in [-0.15, -0.1) is 0 Å². The lowest BCUT2D eigenvalue weighted by molar-refractivity contribution is 0.426. The Balaban J connectivity index is 1.91. The molecule has 26 heavy (non-hydrogen) atoms. The fourth-order valence-electron chi connectivity index (χ4n) is 4.17. The molecule has 0 amide bonds. The van der Waals surface area contributed by atoms with Gasteiger partial charge in [-0.1, -0.05) is 54.6 Å². The van der Waals surface area contributed by atoms with Crippen molar-refractivity contribution in [3.63, 3.8) is 0 Å². The molecular formula is C22H18BNO2. The van der Waals surface area contributed by atoms with Crippen molar-refractivity contribution < 1.29 is 10.0 Å². The molecule has 0 radical (unpaired) electrons. The molecule has 1 aliphatic carbocycles. The zero-order valence-corrected chi connectivity index (χ0v) is 14.3. The zero-order valence-electron chi connectivity index (χ0n) is 14.3. The fraction of sp³-hybridized carbons (Fsp3) is 0.0909. The van der Waals surface area contributed by atoms with Gasteiger partial charge in [0.05, 0.1) is 11.2 Å². The molecule has 1 aromatic heterocycles. The average molecular weight is 339 g/mol. The van der Waals surface area contributed by atoms with E-state index in [0.717, 1.165) is 29.3 Å². The van der Waals surface area contributed by atoms with Crippen LogP contribution in [0.5, 0.6) is 0 Å². The Morgan fingerprint density at radius 2 is 1.54 bits per heavy atom. The van der Waals surface area contributed by atoms with Gasteiger partial charge in [0.15, 0.2) is 0 Å². The van der Waals surface area contributed by atoms with Crippen LogP contribution in [0, 0.1) is 0 Å². The van der Waals surface area contributed by atoms with Gasteiger partial charge in [0.1, 0.15) is 0 Å². The summed E-state index contributed by atoms with van der Waals surface area (Å²) in [5, 5.41) is 22.7. The minimum absolute atomic E-state index is 0.533. The van der Waals surface area contributed by atoms with Crippen LogP contribution in [0.2, 0.25) is 0 Å². The number of aryl methyl sites for hydroxylation is 1. The molecule has 0 saturated carbocycles. The second kappa shape index (κ2) is 5.87. The highest BCUT2D eigenvalue weighted by molar-refractivity contribution is 6.62. The summed E-state index contributed by atoms with van der Waals surface area (Å²) in [6.45, 7) is 0. The van der Waals surface area contributed by atoms with Crippen molar-refractivity contribution >= 4 is 40.3 Å². The van der Waals surface area contributed by atoms with Crippen LogP contribution in [0.4, 0.5) is 0 Å². The van der Waals surface area contributed by atoms with E-state index < -0.39 is 7.12 Å². The number of nitrogens with zero attached hydrogens (tertiary/aromatic N) is 1. The van der Waals surface area contributed by atoms with E-state index in [1.807, 2.05) is 36.4 Å². The summed E-state index contributed by atoms with van der Waals surface area (Å²) in [5.41, 5.74) is 5.39. The summed E-state index contributed by atoms with van der Waals surface area (Å²) in [6.07, 6.45) is 6.55. The van der Waals surface area contributed by atoms with Crippen LogP contribution in [0.15, 0.2) is 66.7 Å². The van der Waals surface area contributed by atoms with Crippen LogP contribution in [0.25, 0.3) is 33.4 Å². The molecule has 0 fully saturated rings. The average Bonchev–Trinajstić information content (AvgIpc) is 3.01. The number of hydrogen-bond donors (Lipinski definition) is 2. The van der Waals surface area contributed by atoms with E-state index in [-0.39, 0.29) is 0 Å². The molecule has 0 spiro atoms. The van der Waals surface area contributed by atoms with Crippen molar-refractivity contribution in [3.05, 3.63) is 78.0 Å². The van der Waals surface area contributed by atoms with Gasteiger partial charge in [-0.3, -0.25) is 0 Å². The summed E-state index contributed by atoms with van der Waals surface area (Å²) >= 11 is 0. The summed E-state index contributed by atoms with van der Waals surface area (Å²) in [4.78, 5) is 0. The second-order valence-corrected chi connectivity index (χ2v) is 6.75. The molecule has 4 heteroatoms. The Bertz CT molecular complexity index is 1170. The van der Waals surface area contributed by atoms with Crippen LogP contribution < -0.4 is 5.46 Å². The molecule has 2 N–H and O–H groups in total. The third kappa shape index (κ3) is 2.16. The summed E-state index contributed by atoms with van der Waals surface area (Å²) in [7, 11) is -1.48. The van der Waals surface area contributed by atoms with Gasteiger partial charge in [-0.25, -0.2) is 0 Å². The normalized spacial score (nSPS) is 13.3. The first-order valence-electron chi connectivity index (χ1n) is 8.93. The van der Waals surface area contributed by atoms with Crippen molar-refractivity contribution in [3.8, 4) is 5.69 Å². The third-order valence-electron chi connectivity index (χ3n) is 5.31. The van der Waals surface area contributed by atoms with Crippen molar-refractivity contribution in [1.29, 1.82) is 0 Å². The second-order valence-electron chi connectivity index (χ2n) is 6.75. The molecule has 0 saturated heterocycles. The number of hydrogen-bond acceptors (Lipinski definition) is 2. The largest absolute Gasteiger partial charge is 0.489 e. The smallest absolute Gasteiger partial charge is 0.423 e. The molecule has 0 aliphatic heterocycles. The molecular weight excluding hydrogens is 321 g/mol. The Hall–Kier alpha value is -2.82. The quantitative estimate of drug-likeness (QED) is 0.550. The fourth-order valence-corrected chi connectivity index (χ4v) is 4.17. The number of rotatable bonds is 2. The lowest BCUT2D eigenvalue weighted by Gasteiger charge is -2.16. The van der Waals surface area contributed by atoms with Crippen LogP contribution >= 0.6 is 0 Å². The Kier molecular flexibility index (Phi) is 3.49. The molecule has 3 aromatic carbocycles. The molecule has 4 aromatic rings. The van der Waals surface area contributed by atoms with Gasteiger partial charge in [0.2, 0.25) is 0 Å². The Morgan fingerprint density at radius 1 is 0.808 bits per heavy atom. The minimum atomic E-state index is -1.48. The number of fused-ring (bicyclic) bond motifs is 4. The minimum Gasteiger partial charge on any atom is -0.423 e. The molecule has 0 unspecified atom stereocenters. The molecule has 3 nitrogen and oxygen atoms in total. The van der Waals surface area contributed by atoms with Crippen LogP contribution in [-0.4, -0.2) is 21.7 Å². The molecule has 126 valence electrons. The number of aromatic nitrogens is 1. The van der Waals surface area contributed by atoms with Crippen molar-refractivity contribution in [2.45, 2.75) is 12.8 Å². The van der Waals surface area contributed by atoms with E-state index in [0.29, 0.717) is 5.46 Å². The van der Waals surface area contributed by atoms with Crippen LogP contribution in [-0.2, 0) is 6.42 Å². The first kappa shape index (κ1) is 15.4. The van der Waals surface area contributed by atoms with Crippen molar-refractivity contribution in [1.82, 2.24) is 4.57 Å². The lowest BCUT2D eigenvalue weighted by atomic mass is 9.77. The van der Waals surface area contributed by atoms with Crippen molar-refractivity contribution in [2.75, 3.05) is 0 Å². The van der Waals surface area contributed by atoms with E-state index in [2.05, 4.69) is 41.0 Å². The number of para-hydroxylation sites is 1. The topological polar surface area (TPSA) is 45.4 Å². The summed E-state index contributed by atoms with van der Waals surface area (Å²) in [6, 6.07) is 20.2. The lowest BCUT2D eigenvalue weighted by Crippen LogP contribution is -2.30. The highest BCUT2D eigenvalue weighted by Crippen LogP contribution is 2.35. The first-order valence-corrected chi connectivity index (χ1v) is 8.93. The molecule has 0 bridgehead atoms. The maximum Gasteiger partial charge on any atom is 0.489 e. The van der Waals surface area contributed by atoms with E-state index >= 15 is 0 Å². The Morgan fingerprint density at radius 3 is 2.35 bits per heavy atom. The maximum absolute atomic E-state index is 9.74. The summed E-state index contributed by atoms with van der Waals surface area (Å²) in [5.74, 6) is 0. The number of allylic oxidation sites excluding steroid dienone is 1. The van der Waals surface area contributed by atoms with Crippen LogP contribution in [0.1, 0.15) is 17.7 Å². The van der Waals surface area contributed by atoms with Gasteiger partial charge in [0, 0.05) is 16.5 Å². The van der Waals surface area contributed by atoms with E-state index in [9.17, 15) is 10.0 Å². The van der Waals surface area contributed by atoms with Gasteiger partial charge >= 0.3 is 7.12 Å². The first-order chi connectivity index (χ1) is 12.8. The molecule has 0 atom stereocenters. The highest BCUT2D eigenvalue weighted by atomic mass is 16.4. The maximum atomic E-state index is 9.74. The highest BCUT2D eigenvalue weighted by Gasteiger charge is 2.21. The molecule has 1 aliphatic rings. The summed E-state index contributed by atoms with van der Waals surface area (Å²) < 4.78 is 2.30.